The van der Waals surface area contributed by atoms with Gasteiger partial charge in [0.15, 0.2) is 11.8 Å². The maximum Gasteiger partial charge on any atom is 0.309 e. The van der Waals surface area contributed by atoms with Gasteiger partial charge in [-0.3, -0.25) is 9.59 Å². The Morgan fingerprint density at radius 3 is 2.52 bits per heavy atom. The molecule has 2 aliphatic rings. The second-order valence-electron chi connectivity index (χ2n) is 8.25. The number of carbonyl (C=O) groups is 2. The van der Waals surface area contributed by atoms with E-state index in [2.05, 4.69) is 34.9 Å². The van der Waals surface area contributed by atoms with Gasteiger partial charge in [-0.25, -0.2) is 0 Å². The van der Waals surface area contributed by atoms with Gasteiger partial charge in [-0.1, -0.05) is 24.3 Å². The molecule has 31 heavy (non-hydrogen) atoms. The van der Waals surface area contributed by atoms with Gasteiger partial charge in [0.05, 0.1) is 45.7 Å². The first-order valence-corrected chi connectivity index (χ1v) is 11.1. The third-order valence-corrected chi connectivity index (χ3v) is 6.27. The van der Waals surface area contributed by atoms with E-state index >= 15 is 0 Å². The molecular formula is C23H32N4O4+2. The van der Waals surface area contributed by atoms with Crippen LogP contribution < -0.4 is 20.4 Å². The number of quaternary nitrogens is 2. The summed E-state index contributed by atoms with van der Waals surface area (Å²) in [5.41, 5.74) is 2.71. The second-order valence-corrected chi connectivity index (χ2v) is 8.25. The molecular weight excluding hydrogens is 396 g/mol. The Labute approximate surface area is 182 Å². The van der Waals surface area contributed by atoms with Crippen LogP contribution in [0.2, 0.25) is 0 Å². The number of hydrogen-bond acceptors (Lipinski definition) is 4. The number of rotatable bonds is 7. The summed E-state index contributed by atoms with van der Waals surface area (Å²) in [6, 6.07) is 12.2. The number of morpholine rings is 1. The van der Waals surface area contributed by atoms with Crippen LogP contribution in [0, 0.1) is 0 Å². The lowest BCUT2D eigenvalue weighted by Gasteiger charge is -2.31. The molecule has 2 aliphatic heterocycles. The van der Waals surface area contributed by atoms with Crippen molar-refractivity contribution in [3.8, 4) is 0 Å². The molecule has 0 aliphatic carbocycles. The van der Waals surface area contributed by atoms with Crippen molar-refractivity contribution in [1.82, 2.24) is 10.6 Å². The molecule has 0 bridgehead atoms. The van der Waals surface area contributed by atoms with Crippen molar-refractivity contribution >= 4 is 11.8 Å². The molecule has 3 heterocycles. The molecule has 1 saturated heterocycles. The van der Waals surface area contributed by atoms with E-state index in [1.54, 1.807) is 6.26 Å². The SMILES string of the molecule is O=C(NCC[NH+]1CCOCC1)C(=O)NC[C@H](c1ccco1)[NH+]1CCc2ccccc2C1. The average molecular weight is 429 g/mol. The standard InChI is InChI=1S/C23H30N4O4/c28-22(24-8-10-26-11-14-30-15-12-26)23(29)25-16-20(21-6-3-13-31-21)27-9-7-18-4-1-2-5-19(18)17-27/h1-6,13,20H,7-12,14-17H2,(H,24,28)(H,25,29)/p+2/t20-/m1/s1. The van der Waals surface area contributed by atoms with Crippen LogP contribution in [0.4, 0.5) is 0 Å². The third-order valence-electron chi connectivity index (χ3n) is 6.27. The molecule has 8 nitrogen and oxygen atoms in total. The van der Waals surface area contributed by atoms with E-state index in [1.807, 2.05) is 12.1 Å². The first kappa shape index (κ1) is 21.5. The van der Waals surface area contributed by atoms with Crippen LogP contribution in [0.1, 0.15) is 22.9 Å². The Bertz CT molecular complexity index is 864. The lowest BCUT2D eigenvalue weighted by Crippen LogP contribution is -3.14. The Kier molecular flexibility index (Phi) is 7.35. The van der Waals surface area contributed by atoms with Crippen molar-refractivity contribution in [2.75, 3.05) is 52.5 Å². The van der Waals surface area contributed by atoms with Gasteiger partial charge in [0, 0.05) is 12.0 Å². The van der Waals surface area contributed by atoms with Crippen LogP contribution in [0.15, 0.2) is 47.1 Å². The van der Waals surface area contributed by atoms with E-state index in [9.17, 15) is 9.59 Å². The molecule has 2 atom stereocenters. The number of amides is 2. The van der Waals surface area contributed by atoms with Gasteiger partial charge in [-0.15, -0.1) is 0 Å². The smallest absolute Gasteiger partial charge is 0.309 e. The zero-order chi connectivity index (χ0) is 21.5. The molecule has 0 spiro atoms. The van der Waals surface area contributed by atoms with E-state index in [4.69, 9.17) is 9.15 Å². The summed E-state index contributed by atoms with van der Waals surface area (Å²) in [5, 5.41) is 5.56. The number of ether oxygens (including phenoxy) is 1. The molecule has 4 N–H and O–H groups in total. The molecule has 1 aromatic carbocycles. The first-order valence-electron chi connectivity index (χ1n) is 11.1. The topological polar surface area (TPSA) is 89.4 Å². The number of furan rings is 1. The lowest BCUT2D eigenvalue weighted by molar-refractivity contribution is -0.946. The number of fused-ring (bicyclic) bond motifs is 1. The fourth-order valence-corrected chi connectivity index (χ4v) is 4.45. The van der Waals surface area contributed by atoms with E-state index in [1.165, 1.54) is 20.9 Å². The van der Waals surface area contributed by atoms with Crippen molar-refractivity contribution in [1.29, 1.82) is 0 Å². The highest BCUT2D eigenvalue weighted by molar-refractivity contribution is 6.35. The maximum atomic E-state index is 12.4. The number of nitrogens with one attached hydrogen (secondary N) is 4. The Hall–Kier alpha value is -2.68. The monoisotopic (exact) mass is 428 g/mol. The van der Waals surface area contributed by atoms with Crippen molar-refractivity contribution in [2.45, 2.75) is 19.0 Å². The summed E-state index contributed by atoms with van der Waals surface area (Å²) in [6.45, 7) is 6.84. The molecule has 1 fully saturated rings. The highest BCUT2D eigenvalue weighted by atomic mass is 16.5. The van der Waals surface area contributed by atoms with E-state index in [0.717, 1.165) is 58.1 Å². The molecule has 166 valence electrons. The fourth-order valence-electron chi connectivity index (χ4n) is 4.45. The summed E-state index contributed by atoms with van der Waals surface area (Å²) < 4.78 is 11.0. The minimum Gasteiger partial charge on any atom is -0.463 e. The highest BCUT2D eigenvalue weighted by Crippen LogP contribution is 2.15. The third kappa shape index (κ3) is 5.72. The molecule has 0 saturated carbocycles. The summed E-state index contributed by atoms with van der Waals surface area (Å²) >= 11 is 0. The van der Waals surface area contributed by atoms with Gasteiger partial charge in [0.1, 0.15) is 19.6 Å². The quantitative estimate of drug-likeness (QED) is 0.389. The first-order chi connectivity index (χ1) is 15.2. The Morgan fingerprint density at radius 2 is 1.74 bits per heavy atom. The van der Waals surface area contributed by atoms with Gasteiger partial charge in [-0.2, -0.15) is 0 Å². The number of hydrogen-bond donors (Lipinski definition) is 4. The van der Waals surface area contributed by atoms with Crippen LogP contribution >= 0.6 is 0 Å². The zero-order valence-electron chi connectivity index (χ0n) is 17.8. The minimum atomic E-state index is -0.592. The van der Waals surface area contributed by atoms with Crippen LogP contribution in [-0.2, 0) is 27.3 Å². The Morgan fingerprint density at radius 1 is 0.968 bits per heavy atom. The van der Waals surface area contributed by atoms with Crippen molar-refractivity contribution in [2.24, 2.45) is 0 Å². The largest absolute Gasteiger partial charge is 0.463 e. The Balaban J connectivity index is 1.29. The molecule has 4 rings (SSSR count). The maximum absolute atomic E-state index is 12.4. The second kappa shape index (κ2) is 10.6. The van der Waals surface area contributed by atoms with Crippen molar-refractivity contribution < 1.29 is 28.5 Å². The molecule has 8 heteroatoms. The molecule has 2 amide bonds. The fraction of sp³-hybridized carbons (Fsp3) is 0.478. The lowest BCUT2D eigenvalue weighted by atomic mass is 9.98. The van der Waals surface area contributed by atoms with Gasteiger partial charge in [-0.05, 0) is 17.7 Å². The average Bonchev–Trinajstić information content (AvgIpc) is 3.34. The van der Waals surface area contributed by atoms with Crippen molar-refractivity contribution in [3.05, 3.63) is 59.5 Å². The summed E-state index contributed by atoms with van der Waals surface area (Å²) in [4.78, 5) is 27.3. The zero-order valence-corrected chi connectivity index (χ0v) is 17.8. The molecule has 0 radical (unpaired) electrons. The minimum absolute atomic E-state index is 0.0436. The van der Waals surface area contributed by atoms with Gasteiger partial charge in [0.2, 0.25) is 0 Å². The number of benzene rings is 1. The van der Waals surface area contributed by atoms with Gasteiger partial charge >= 0.3 is 11.8 Å². The van der Waals surface area contributed by atoms with Crippen LogP contribution in [0.3, 0.4) is 0 Å². The normalized spacial score (nSPS) is 19.9. The molecule has 1 unspecified atom stereocenters. The van der Waals surface area contributed by atoms with E-state index in [-0.39, 0.29) is 6.04 Å². The summed E-state index contributed by atoms with van der Waals surface area (Å²) in [6.07, 6.45) is 2.64. The van der Waals surface area contributed by atoms with Crippen molar-refractivity contribution in [3.63, 3.8) is 0 Å². The van der Waals surface area contributed by atoms with Crippen LogP contribution in [0.5, 0.6) is 0 Å². The predicted octanol–water partition coefficient (Wildman–Crippen LogP) is -1.89. The van der Waals surface area contributed by atoms with Gasteiger partial charge in [0.25, 0.3) is 0 Å². The van der Waals surface area contributed by atoms with E-state index in [0.29, 0.717) is 13.1 Å². The van der Waals surface area contributed by atoms with Crippen LogP contribution in [-0.4, -0.2) is 64.3 Å². The van der Waals surface area contributed by atoms with Crippen LogP contribution in [0.25, 0.3) is 0 Å². The number of carbonyl (C=O) groups excluding carboxylic acids is 2. The summed E-state index contributed by atoms with van der Waals surface area (Å²) in [7, 11) is 0. The highest BCUT2D eigenvalue weighted by Gasteiger charge is 2.31. The van der Waals surface area contributed by atoms with E-state index < -0.39 is 11.8 Å². The molecule has 1 aromatic heterocycles. The predicted molar refractivity (Wildman–Crippen MR) is 114 cm³/mol. The molecule has 2 aromatic rings. The van der Waals surface area contributed by atoms with Gasteiger partial charge < -0.3 is 29.6 Å². The summed E-state index contributed by atoms with van der Waals surface area (Å²) in [5.74, 6) is -0.346.